The lowest BCUT2D eigenvalue weighted by atomic mass is 10.1. The first-order valence-electron chi connectivity index (χ1n) is 5.41. The molecule has 0 N–H and O–H groups in total. The van der Waals surface area contributed by atoms with E-state index in [1.165, 1.54) is 0 Å². The first kappa shape index (κ1) is 10.8. The molecule has 0 aliphatic heterocycles. The van der Waals surface area contributed by atoms with Crippen molar-refractivity contribution in [2.24, 2.45) is 5.92 Å². The first-order chi connectivity index (χ1) is 7.60. The second-order valence-corrected chi connectivity index (χ2v) is 4.47. The molecule has 0 aromatic carbocycles. The van der Waals surface area contributed by atoms with Crippen molar-refractivity contribution in [1.29, 1.82) is 0 Å². The fourth-order valence-corrected chi connectivity index (χ4v) is 1.74. The third kappa shape index (κ3) is 1.96. The highest BCUT2D eigenvalue weighted by Gasteiger charge is 2.08. The molecule has 0 bridgehead atoms. The number of hydrogen-bond acceptors (Lipinski definition) is 3. The third-order valence-electron chi connectivity index (χ3n) is 2.41. The smallest absolute Gasteiger partial charge is 0.158 e. The van der Waals surface area contributed by atoms with E-state index in [1.54, 1.807) is 10.7 Å². The molecule has 2 heterocycles. The van der Waals surface area contributed by atoms with Gasteiger partial charge < -0.3 is 0 Å². The average Bonchev–Trinajstić information content (AvgIpc) is 2.59. The number of carbonyl (C=O) groups excluding carboxylic acids is 1. The highest BCUT2D eigenvalue weighted by atomic mass is 16.1. The Labute approximate surface area is 94.3 Å². The van der Waals surface area contributed by atoms with Crippen LogP contribution in [0.15, 0.2) is 12.3 Å². The third-order valence-corrected chi connectivity index (χ3v) is 2.41. The van der Waals surface area contributed by atoms with Crippen molar-refractivity contribution >= 4 is 11.9 Å². The quantitative estimate of drug-likeness (QED) is 0.739. The summed E-state index contributed by atoms with van der Waals surface area (Å²) >= 11 is 0. The minimum Gasteiger partial charge on any atom is -0.298 e. The van der Waals surface area contributed by atoms with E-state index >= 15 is 0 Å². The number of carbonyl (C=O) groups is 1. The van der Waals surface area contributed by atoms with Crippen molar-refractivity contribution in [1.82, 2.24) is 14.6 Å². The number of nitrogens with zero attached hydrogens (tertiary/aromatic N) is 3. The van der Waals surface area contributed by atoms with Crippen LogP contribution < -0.4 is 0 Å². The van der Waals surface area contributed by atoms with Gasteiger partial charge >= 0.3 is 0 Å². The summed E-state index contributed by atoms with van der Waals surface area (Å²) in [6.07, 6.45) is 3.40. The zero-order valence-electron chi connectivity index (χ0n) is 9.77. The number of aryl methyl sites for hydroxylation is 1. The lowest BCUT2D eigenvalue weighted by molar-refractivity contribution is 0.112. The Morgan fingerprint density at radius 1 is 1.50 bits per heavy atom. The van der Waals surface area contributed by atoms with Crippen LogP contribution in [-0.2, 0) is 6.42 Å². The maximum atomic E-state index is 10.7. The SMILES string of the molecule is Cc1cc(C=O)cn2nc(CC(C)C)nc12. The van der Waals surface area contributed by atoms with Gasteiger partial charge in [0.25, 0.3) is 0 Å². The van der Waals surface area contributed by atoms with Crippen LogP contribution in [-0.4, -0.2) is 20.9 Å². The molecule has 0 atom stereocenters. The fraction of sp³-hybridized carbons (Fsp3) is 0.417. The number of pyridine rings is 1. The maximum absolute atomic E-state index is 10.7. The van der Waals surface area contributed by atoms with Gasteiger partial charge in [0.2, 0.25) is 0 Å². The van der Waals surface area contributed by atoms with Crippen LogP contribution in [0.1, 0.15) is 35.6 Å². The van der Waals surface area contributed by atoms with Crippen LogP contribution in [0.25, 0.3) is 5.65 Å². The van der Waals surface area contributed by atoms with Gasteiger partial charge in [0.15, 0.2) is 17.8 Å². The fourth-order valence-electron chi connectivity index (χ4n) is 1.74. The Balaban J connectivity index is 2.52. The van der Waals surface area contributed by atoms with Gasteiger partial charge in [-0.25, -0.2) is 9.50 Å². The molecule has 16 heavy (non-hydrogen) atoms. The minimum atomic E-state index is 0.531. The molecule has 0 fully saturated rings. The highest BCUT2D eigenvalue weighted by molar-refractivity contribution is 5.75. The first-order valence-corrected chi connectivity index (χ1v) is 5.41. The van der Waals surface area contributed by atoms with Crippen LogP contribution in [0, 0.1) is 12.8 Å². The van der Waals surface area contributed by atoms with Crippen molar-refractivity contribution < 1.29 is 4.79 Å². The lowest BCUT2D eigenvalue weighted by Crippen LogP contribution is -1.97. The standard InChI is InChI=1S/C12H15N3O/c1-8(2)4-11-13-12-9(3)5-10(7-16)6-15(12)14-11/h5-8H,4H2,1-3H3. The number of fused-ring (bicyclic) bond motifs is 1. The molecule has 0 radical (unpaired) electrons. The van der Waals surface area contributed by atoms with Gasteiger partial charge in [-0.3, -0.25) is 4.79 Å². The van der Waals surface area contributed by atoms with E-state index in [2.05, 4.69) is 23.9 Å². The summed E-state index contributed by atoms with van der Waals surface area (Å²) in [6.45, 7) is 6.21. The molecule has 0 saturated heterocycles. The van der Waals surface area contributed by atoms with Crippen LogP contribution >= 0.6 is 0 Å². The van der Waals surface area contributed by atoms with Crippen LogP contribution in [0.5, 0.6) is 0 Å². The molecule has 0 saturated carbocycles. The molecule has 2 aromatic heterocycles. The molecule has 4 heteroatoms. The highest BCUT2D eigenvalue weighted by Crippen LogP contribution is 2.12. The summed E-state index contributed by atoms with van der Waals surface area (Å²) in [5.74, 6) is 1.37. The van der Waals surface area contributed by atoms with Gasteiger partial charge in [-0.2, -0.15) is 5.10 Å². The largest absolute Gasteiger partial charge is 0.298 e. The maximum Gasteiger partial charge on any atom is 0.158 e. The summed E-state index contributed by atoms with van der Waals surface area (Å²) in [4.78, 5) is 15.2. The van der Waals surface area contributed by atoms with Crippen LogP contribution in [0.2, 0.25) is 0 Å². The minimum absolute atomic E-state index is 0.531. The predicted molar refractivity (Wildman–Crippen MR) is 61.7 cm³/mol. The van der Waals surface area contributed by atoms with E-state index in [-0.39, 0.29) is 0 Å². The average molecular weight is 217 g/mol. The molecular weight excluding hydrogens is 202 g/mol. The van der Waals surface area contributed by atoms with Crippen molar-refractivity contribution in [3.8, 4) is 0 Å². The number of rotatable bonds is 3. The molecule has 84 valence electrons. The van der Waals surface area contributed by atoms with E-state index in [1.807, 2.05) is 13.0 Å². The summed E-state index contributed by atoms with van der Waals surface area (Å²) in [7, 11) is 0. The lowest BCUT2D eigenvalue weighted by Gasteiger charge is -1.96. The predicted octanol–water partition coefficient (Wildman–Crippen LogP) is 2.05. The zero-order chi connectivity index (χ0) is 11.7. The van der Waals surface area contributed by atoms with E-state index in [9.17, 15) is 4.79 Å². The monoisotopic (exact) mass is 217 g/mol. The Morgan fingerprint density at radius 3 is 2.88 bits per heavy atom. The van der Waals surface area contributed by atoms with Gasteiger partial charge in [0.05, 0.1) is 0 Å². The zero-order valence-corrected chi connectivity index (χ0v) is 9.77. The molecule has 0 amide bonds. The van der Waals surface area contributed by atoms with Gasteiger partial charge in [0.1, 0.15) is 0 Å². The van der Waals surface area contributed by atoms with Gasteiger partial charge in [-0.15, -0.1) is 0 Å². The Morgan fingerprint density at radius 2 is 2.25 bits per heavy atom. The summed E-state index contributed by atoms with van der Waals surface area (Å²) < 4.78 is 1.69. The second-order valence-electron chi connectivity index (χ2n) is 4.47. The second kappa shape index (κ2) is 4.04. The Bertz CT molecular complexity index is 528. The van der Waals surface area contributed by atoms with E-state index in [4.69, 9.17) is 0 Å². The van der Waals surface area contributed by atoms with Crippen molar-refractivity contribution in [2.45, 2.75) is 27.2 Å². The number of aldehydes is 1. The summed E-state index contributed by atoms with van der Waals surface area (Å²) in [5.41, 5.74) is 2.44. The molecule has 0 spiro atoms. The normalized spacial score (nSPS) is 11.2. The van der Waals surface area contributed by atoms with Crippen molar-refractivity contribution in [2.75, 3.05) is 0 Å². The van der Waals surface area contributed by atoms with Crippen molar-refractivity contribution in [3.63, 3.8) is 0 Å². The van der Waals surface area contributed by atoms with E-state index in [0.717, 1.165) is 29.7 Å². The summed E-state index contributed by atoms with van der Waals surface area (Å²) in [5, 5.41) is 4.37. The van der Waals surface area contributed by atoms with E-state index < -0.39 is 0 Å². The molecule has 4 nitrogen and oxygen atoms in total. The number of hydrogen-bond donors (Lipinski definition) is 0. The number of aromatic nitrogens is 3. The van der Waals surface area contributed by atoms with Crippen LogP contribution in [0.4, 0.5) is 0 Å². The molecule has 2 aromatic rings. The van der Waals surface area contributed by atoms with Gasteiger partial charge in [-0.05, 0) is 24.5 Å². The molecule has 0 unspecified atom stereocenters. The molecule has 2 rings (SSSR count). The molecular formula is C12H15N3O. The topological polar surface area (TPSA) is 47.3 Å². The summed E-state index contributed by atoms with van der Waals surface area (Å²) in [6, 6.07) is 1.83. The Kier molecular flexibility index (Phi) is 2.73. The molecule has 0 aliphatic carbocycles. The van der Waals surface area contributed by atoms with Gasteiger partial charge in [-0.1, -0.05) is 13.8 Å². The Hall–Kier alpha value is -1.71. The van der Waals surface area contributed by atoms with E-state index in [0.29, 0.717) is 11.5 Å². The van der Waals surface area contributed by atoms with Crippen LogP contribution in [0.3, 0.4) is 0 Å². The van der Waals surface area contributed by atoms with Crippen molar-refractivity contribution in [3.05, 3.63) is 29.2 Å². The molecule has 0 aliphatic rings. The van der Waals surface area contributed by atoms with Gasteiger partial charge in [0, 0.05) is 18.2 Å².